The number of anilines is 1. The molecular formula is C25H30N2O. The molecule has 0 aromatic heterocycles. The minimum absolute atomic E-state index is 0.308. The molecule has 4 bridgehead atoms. The number of benzene rings is 2. The van der Waals surface area contributed by atoms with E-state index in [0.717, 1.165) is 5.92 Å². The highest BCUT2D eigenvalue weighted by molar-refractivity contribution is 6.03. The van der Waals surface area contributed by atoms with Gasteiger partial charge in [-0.1, -0.05) is 43.3 Å². The number of rotatable bonds is 2. The summed E-state index contributed by atoms with van der Waals surface area (Å²) in [6.45, 7) is 6.68. The molecule has 0 N–H and O–H groups in total. The first-order valence-corrected chi connectivity index (χ1v) is 11.0. The van der Waals surface area contributed by atoms with Crippen LogP contribution in [0, 0.1) is 23.2 Å². The third kappa shape index (κ3) is 2.08. The number of hydrazine groups is 1. The second-order valence-corrected chi connectivity index (χ2v) is 10.8. The third-order valence-corrected chi connectivity index (χ3v) is 8.28. The fraction of sp³-hybridized carbons (Fsp3) is 0.560. The van der Waals surface area contributed by atoms with Crippen molar-refractivity contribution in [1.82, 2.24) is 5.01 Å². The molecule has 1 amide bonds. The van der Waals surface area contributed by atoms with Crippen molar-refractivity contribution in [1.29, 1.82) is 0 Å². The lowest BCUT2D eigenvalue weighted by Gasteiger charge is -2.67. The zero-order chi connectivity index (χ0) is 19.3. The predicted molar refractivity (Wildman–Crippen MR) is 113 cm³/mol. The number of nitrogens with zero attached hydrogens (tertiary/aromatic N) is 2. The van der Waals surface area contributed by atoms with Gasteiger partial charge in [0.05, 0.1) is 11.7 Å². The van der Waals surface area contributed by atoms with Gasteiger partial charge >= 0.3 is 0 Å². The Morgan fingerprint density at radius 2 is 1.57 bits per heavy atom. The van der Waals surface area contributed by atoms with Gasteiger partial charge in [0.15, 0.2) is 0 Å². The molecule has 2 aromatic rings. The minimum Gasteiger partial charge on any atom is -0.270 e. The molecule has 0 spiro atoms. The highest BCUT2D eigenvalue weighted by atomic mass is 16.2. The van der Waals surface area contributed by atoms with Crippen molar-refractivity contribution in [2.45, 2.75) is 64.5 Å². The molecule has 3 nitrogen and oxygen atoms in total. The normalized spacial score (nSPS) is 38.2. The summed E-state index contributed by atoms with van der Waals surface area (Å²) in [5.41, 5.74) is 1.24. The van der Waals surface area contributed by atoms with Crippen molar-refractivity contribution < 1.29 is 4.79 Å². The van der Waals surface area contributed by atoms with Crippen molar-refractivity contribution >= 4 is 22.4 Å². The maximum absolute atomic E-state index is 13.4. The summed E-state index contributed by atoms with van der Waals surface area (Å²) < 4.78 is 0. The fourth-order valence-corrected chi connectivity index (χ4v) is 7.57. The lowest BCUT2D eigenvalue weighted by molar-refractivity contribution is -0.176. The number of carbonyl (C=O) groups excluding carboxylic acids is 1. The van der Waals surface area contributed by atoms with E-state index in [2.05, 4.69) is 73.3 Å². The molecule has 1 saturated heterocycles. The molecule has 1 heterocycles. The zero-order valence-electron chi connectivity index (χ0n) is 17.2. The molecule has 5 fully saturated rings. The van der Waals surface area contributed by atoms with E-state index in [-0.39, 0.29) is 0 Å². The quantitative estimate of drug-likeness (QED) is 0.703. The molecule has 0 radical (unpaired) electrons. The van der Waals surface area contributed by atoms with Crippen LogP contribution in [0.15, 0.2) is 42.5 Å². The Bertz CT molecular complexity index is 958. The second-order valence-electron chi connectivity index (χ2n) is 10.8. The van der Waals surface area contributed by atoms with E-state index in [9.17, 15) is 4.79 Å². The fourth-order valence-electron chi connectivity index (χ4n) is 7.57. The van der Waals surface area contributed by atoms with E-state index < -0.39 is 5.54 Å². The van der Waals surface area contributed by atoms with Gasteiger partial charge in [-0.2, -0.15) is 0 Å². The Morgan fingerprint density at radius 3 is 2.29 bits per heavy atom. The maximum Gasteiger partial charge on any atom is 0.268 e. The predicted octanol–water partition coefficient (Wildman–Crippen LogP) is 5.40. The summed E-state index contributed by atoms with van der Waals surface area (Å²) in [7, 11) is 0. The van der Waals surface area contributed by atoms with Gasteiger partial charge in [0.1, 0.15) is 5.54 Å². The Hall–Kier alpha value is -2.03. The second kappa shape index (κ2) is 5.31. The van der Waals surface area contributed by atoms with Crippen molar-refractivity contribution in [3.05, 3.63) is 42.5 Å². The largest absolute Gasteiger partial charge is 0.270 e. The molecular weight excluding hydrogens is 344 g/mol. The van der Waals surface area contributed by atoms with E-state index in [1.165, 1.54) is 48.6 Å². The molecule has 5 aliphatic rings. The van der Waals surface area contributed by atoms with E-state index >= 15 is 0 Å². The van der Waals surface area contributed by atoms with Crippen LogP contribution in [0.5, 0.6) is 0 Å². The first-order valence-electron chi connectivity index (χ1n) is 11.0. The van der Waals surface area contributed by atoms with Crippen LogP contribution in [0.4, 0.5) is 5.69 Å². The third-order valence-electron chi connectivity index (χ3n) is 8.28. The van der Waals surface area contributed by atoms with Gasteiger partial charge in [0.2, 0.25) is 0 Å². The smallest absolute Gasteiger partial charge is 0.268 e. The molecule has 2 atom stereocenters. The van der Waals surface area contributed by atoms with Gasteiger partial charge in [-0.15, -0.1) is 0 Å². The molecule has 2 unspecified atom stereocenters. The first kappa shape index (κ1) is 16.9. The molecule has 1 aliphatic heterocycles. The van der Waals surface area contributed by atoms with Crippen molar-refractivity contribution in [2.24, 2.45) is 23.2 Å². The molecule has 4 saturated carbocycles. The van der Waals surface area contributed by atoms with Crippen LogP contribution in [0.25, 0.3) is 10.8 Å². The molecule has 28 heavy (non-hydrogen) atoms. The van der Waals surface area contributed by atoms with E-state index in [0.29, 0.717) is 29.2 Å². The number of hydrogen-bond donors (Lipinski definition) is 0. The number of hydrogen-bond acceptors (Lipinski definition) is 2. The van der Waals surface area contributed by atoms with Gasteiger partial charge in [-0.25, -0.2) is 5.01 Å². The number of amides is 1. The summed E-state index contributed by atoms with van der Waals surface area (Å²) in [5.74, 6) is 2.56. The molecule has 2 aromatic carbocycles. The maximum atomic E-state index is 13.4. The molecule has 4 aliphatic carbocycles. The standard InChI is InChI=1S/C25H30N2O/c1-24(2)23(28)26(22-18-11-16-12-19(22)15-25(3,13-16)14-18)27(24)21-10-6-8-17-7-4-5-9-20(17)21/h4-10,16,18-19,22H,11-15H2,1-3H3/t16?,18?,19?,22-,25-. The SMILES string of the molecule is CC1(C)C(=O)N([C@H]2C3CC4CC2C[C@@](C)(C4)C3)N1c1cccc2ccccc12. The zero-order valence-corrected chi connectivity index (χ0v) is 17.2. The Labute approximate surface area is 167 Å². The lowest BCUT2D eigenvalue weighted by atomic mass is 9.48. The van der Waals surface area contributed by atoms with Gasteiger partial charge in [0.25, 0.3) is 5.91 Å². The van der Waals surface area contributed by atoms with Gasteiger partial charge < -0.3 is 0 Å². The Kier molecular flexibility index (Phi) is 3.20. The van der Waals surface area contributed by atoms with Crippen molar-refractivity contribution in [2.75, 3.05) is 5.01 Å². The average Bonchev–Trinajstić information content (AvgIpc) is 2.65. The Balaban J connectivity index is 1.44. The molecule has 146 valence electrons. The Morgan fingerprint density at radius 1 is 0.893 bits per heavy atom. The van der Waals surface area contributed by atoms with Crippen molar-refractivity contribution in [3.63, 3.8) is 0 Å². The topological polar surface area (TPSA) is 23.6 Å². The summed E-state index contributed by atoms with van der Waals surface area (Å²) >= 11 is 0. The van der Waals surface area contributed by atoms with Gasteiger partial charge in [0, 0.05) is 5.39 Å². The van der Waals surface area contributed by atoms with Gasteiger partial charge in [-0.3, -0.25) is 9.80 Å². The van der Waals surface area contributed by atoms with Crippen LogP contribution in [-0.2, 0) is 4.79 Å². The summed E-state index contributed by atoms with van der Waals surface area (Å²) in [6.07, 6.45) is 6.67. The summed E-state index contributed by atoms with van der Waals surface area (Å²) in [6, 6.07) is 15.4. The van der Waals surface area contributed by atoms with Crippen molar-refractivity contribution in [3.8, 4) is 0 Å². The lowest BCUT2D eigenvalue weighted by Crippen LogP contribution is -2.80. The van der Waals surface area contributed by atoms with Crippen LogP contribution in [0.1, 0.15) is 52.9 Å². The molecule has 7 rings (SSSR count). The van der Waals surface area contributed by atoms with Crippen LogP contribution in [-0.4, -0.2) is 22.5 Å². The minimum atomic E-state index is -0.470. The average molecular weight is 375 g/mol. The van der Waals surface area contributed by atoms with E-state index in [1.807, 2.05) is 0 Å². The summed E-state index contributed by atoms with van der Waals surface area (Å²) in [4.78, 5) is 13.4. The molecule has 3 heteroatoms. The van der Waals surface area contributed by atoms with Crippen LogP contribution < -0.4 is 5.01 Å². The highest BCUT2D eigenvalue weighted by Gasteiger charge is 2.63. The monoisotopic (exact) mass is 374 g/mol. The van der Waals surface area contributed by atoms with Gasteiger partial charge in [-0.05, 0) is 80.6 Å². The van der Waals surface area contributed by atoms with E-state index in [1.54, 1.807) is 0 Å². The highest BCUT2D eigenvalue weighted by Crippen LogP contribution is 2.62. The van der Waals surface area contributed by atoms with Crippen LogP contribution in [0.2, 0.25) is 0 Å². The first-order chi connectivity index (χ1) is 13.4. The number of fused-ring (bicyclic) bond motifs is 1. The van der Waals surface area contributed by atoms with E-state index in [4.69, 9.17) is 0 Å². The van der Waals surface area contributed by atoms with Crippen LogP contribution in [0.3, 0.4) is 0 Å². The van der Waals surface area contributed by atoms with Crippen LogP contribution >= 0.6 is 0 Å². The summed E-state index contributed by atoms with van der Waals surface area (Å²) in [5, 5.41) is 7.02. The number of carbonyl (C=O) groups is 1.